The maximum atomic E-state index is 6.64. The Morgan fingerprint density at radius 3 is 1.66 bits per heavy atom. The van der Waals surface area contributed by atoms with Crippen molar-refractivity contribution in [2.45, 2.75) is 5.41 Å². The molecular formula is C47H27BO2. The summed E-state index contributed by atoms with van der Waals surface area (Å²) in [7, 11) is 0. The van der Waals surface area contributed by atoms with Gasteiger partial charge in [-0.25, -0.2) is 0 Å². The highest BCUT2D eigenvalue weighted by molar-refractivity contribution is 6.98. The van der Waals surface area contributed by atoms with Crippen molar-refractivity contribution in [3.63, 3.8) is 0 Å². The smallest absolute Gasteiger partial charge is 0.260 e. The van der Waals surface area contributed by atoms with Crippen LogP contribution in [0.4, 0.5) is 0 Å². The Labute approximate surface area is 290 Å². The van der Waals surface area contributed by atoms with Crippen LogP contribution in [0.5, 0.6) is 23.0 Å². The molecule has 0 aromatic heterocycles. The Bertz CT molecular complexity index is 2750. The second kappa shape index (κ2) is 9.43. The van der Waals surface area contributed by atoms with E-state index < -0.39 is 0 Å². The van der Waals surface area contributed by atoms with E-state index in [2.05, 4.69) is 146 Å². The average molecular weight is 635 g/mol. The largest absolute Gasteiger partial charge is 0.458 e. The molecule has 0 N–H and O–H groups in total. The summed E-state index contributed by atoms with van der Waals surface area (Å²) in [6.45, 7) is 0.0677. The van der Waals surface area contributed by atoms with Gasteiger partial charge in [-0.15, -0.1) is 0 Å². The van der Waals surface area contributed by atoms with Gasteiger partial charge in [-0.05, 0) is 120 Å². The molecule has 0 atom stereocenters. The van der Waals surface area contributed by atoms with Crippen LogP contribution in [0.2, 0.25) is 0 Å². The SMILES string of the molecule is c1ccc2c(c1)Oc1cccc3c1B2c1ccc(-c2ccc4cc5c(cc4c2)C2(c4ccccc4-c4ccccc42)c2ccccc2-5)cc1O3. The molecule has 2 nitrogen and oxygen atoms in total. The number of rotatable bonds is 1. The molecule has 4 aliphatic rings. The lowest BCUT2D eigenvalue weighted by Crippen LogP contribution is -2.57. The van der Waals surface area contributed by atoms with Crippen LogP contribution in [0, 0.1) is 0 Å². The molecule has 12 rings (SSSR count). The Balaban J connectivity index is 1.04. The summed E-state index contributed by atoms with van der Waals surface area (Å²) in [6, 6.07) is 60.0. The highest BCUT2D eigenvalue weighted by atomic mass is 16.5. The van der Waals surface area contributed by atoms with Gasteiger partial charge in [0.2, 0.25) is 0 Å². The monoisotopic (exact) mass is 634 g/mol. The summed E-state index contributed by atoms with van der Waals surface area (Å²) < 4.78 is 13.0. The zero-order valence-corrected chi connectivity index (χ0v) is 27.0. The molecule has 0 amide bonds. The summed E-state index contributed by atoms with van der Waals surface area (Å²) in [5.41, 5.74) is 16.2. The fraction of sp³-hybridized carbons (Fsp3) is 0.0213. The lowest BCUT2D eigenvalue weighted by molar-refractivity contribution is 0.464. The highest BCUT2D eigenvalue weighted by Gasteiger charge is 2.51. The molecule has 0 bridgehead atoms. The van der Waals surface area contributed by atoms with Gasteiger partial charge in [0.25, 0.3) is 6.71 Å². The zero-order chi connectivity index (χ0) is 32.6. The van der Waals surface area contributed by atoms with Gasteiger partial charge in [0.15, 0.2) is 0 Å². The van der Waals surface area contributed by atoms with Gasteiger partial charge in [0.1, 0.15) is 23.0 Å². The van der Waals surface area contributed by atoms with E-state index in [1.54, 1.807) is 0 Å². The number of ether oxygens (including phenoxy) is 2. The van der Waals surface area contributed by atoms with E-state index in [0.717, 1.165) is 34.0 Å². The quantitative estimate of drug-likeness (QED) is 0.168. The summed E-state index contributed by atoms with van der Waals surface area (Å²) in [4.78, 5) is 0. The van der Waals surface area contributed by atoms with E-state index in [-0.39, 0.29) is 12.1 Å². The van der Waals surface area contributed by atoms with Crippen LogP contribution in [0.1, 0.15) is 22.3 Å². The van der Waals surface area contributed by atoms with E-state index in [1.807, 2.05) is 18.2 Å². The minimum atomic E-state index is -0.352. The molecule has 0 fully saturated rings. The van der Waals surface area contributed by atoms with Gasteiger partial charge in [-0.2, -0.15) is 0 Å². The summed E-state index contributed by atoms with van der Waals surface area (Å²) in [6.07, 6.45) is 0. The molecule has 0 unspecified atom stereocenters. The Hall–Kier alpha value is -6.32. The average Bonchev–Trinajstić information content (AvgIpc) is 3.63. The van der Waals surface area contributed by atoms with Crippen molar-refractivity contribution in [2.75, 3.05) is 0 Å². The van der Waals surface area contributed by atoms with Crippen molar-refractivity contribution in [3.8, 4) is 56.4 Å². The van der Waals surface area contributed by atoms with Crippen molar-refractivity contribution in [3.05, 3.63) is 186 Å². The van der Waals surface area contributed by atoms with Crippen LogP contribution < -0.4 is 25.9 Å². The van der Waals surface area contributed by atoms with Crippen LogP contribution in [0.25, 0.3) is 44.2 Å². The first-order valence-electron chi connectivity index (χ1n) is 17.4. The Kier molecular flexibility index (Phi) is 5.02. The maximum Gasteiger partial charge on any atom is 0.260 e. The van der Waals surface area contributed by atoms with Gasteiger partial charge in [0.05, 0.1) is 5.41 Å². The van der Waals surface area contributed by atoms with E-state index in [0.29, 0.717) is 0 Å². The van der Waals surface area contributed by atoms with E-state index >= 15 is 0 Å². The van der Waals surface area contributed by atoms with Crippen molar-refractivity contribution in [1.82, 2.24) is 0 Å². The van der Waals surface area contributed by atoms with Crippen LogP contribution in [-0.2, 0) is 5.41 Å². The third-order valence-corrected chi connectivity index (χ3v) is 11.6. The first-order chi connectivity index (χ1) is 24.8. The zero-order valence-electron chi connectivity index (χ0n) is 27.0. The molecule has 50 heavy (non-hydrogen) atoms. The number of benzene rings is 8. The fourth-order valence-corrected chi connectivity index (χ4v) is 9.57. The molecule has 0 saturated heterocycles. The van der Waals surface area contributed by atoms with E-state index in [9.17, 15) is 0 Å². The number of hydrogen-bond donors (Lipinski definition) is 0. The van der Waals surface area contributed by atoms with Gasteiger partial charge < -0.3 is 9.47 Å². The van der Waals surface area contributed by atoms with E-state index in [4.69, 9.17) is 9.47 Å². The second-order valence-electron chi connectivity index (χ2n) is 13.9. The summed E-state index contributed by atoms with van der Waals surface area (Å²) in [5, 5.41) is 2.48. The number of fused-ring (bicyclic) bond motifs is 15. The van der Waals surface area contributed by atoms with Crippen molar-refractivity contribution >= 4 is 33.9 Å². The first kappa shape index (κ1) is 26.6. The first-order valence-corrected chi connectivity index (χ1v) is 17.4. The molecule has 1 spiro atoms. The fourth-order valence-electron chi connectivity index (χ4n) is 9.57. The van der Waals surface area contributed by atoms with Gasteiger partial charge in [0, 0.05) is 5.46 Å². The molecule has 8 aromatic rings. The van der Waals surface area contributed by atoms with Crippen molar-refractivity contribution < 1.29 is 9.47 Å². The lowest BCUT2D eigenvalue weighted by atomic mass is 9.35. The minimum absolute atomic E-state index is 0.0677. The standard InChI is InChI=1S/C47H27BO2/c1-4-13-36-32(10-1)33-11-2-5-14-37(33)47(36)38-15-6-3-12-34(38)35-25-29-21-20-28(24-31(29)26-39(35)47)30-22-23-41-45(27-30)50-44-19-9-18-43-46(44)48(41)40-16-7-8-17-42(40)49-43/h1-27H. The predicted octanol–water partition coefficient (Wildman–Crippen LogP) is 9.58. The van der Waals surface area contributed by atoms with Gasteiger partial charge in [-0.3, -0.25) is 0 Å². The van der Waals surface area contributed by atoms with E-state index in [1.165, 1.54) is 71.8 Å². The molecule has 230 valence electrons. The Morgan fingerprint density at radius 2 is 0.920 bits per heavy atom. The molecule has 2 heterocycles. The van der Waals surface area contributed by atoms with Crippen molar-refractivity contribution in [2.24, 2.45) is 0 Å². The second-order valence-corrected chi connectivity index (χ2v) is 13.9. The lowest BCUT2D eigenvalue weighted by Gasteiger charge is -2.32. The molecule has 2 aliphatic carbocycles. The molecule has 2 aliphatic heterocycles. The van der Waals surface area contributed by atoms with Gasteiger partial charge in [-0.1, -0.05) is 121 Å². The molecular weight excluding hydrogens is 607 g/mol. The topological polar surface area (TPSA) is 18.5 Å². The van der Waals surface area contributed by atoms with Crippen LogP contribution in [0.3, 0.4) is 0 Å². The highest BCUT2D eigenvalue weighted by Crippen LogP contribution is 2.63. The molecule has 0 radical (unpaired) electrons. The Morgan fingerprint density at radius 1 is 0.360 bits per heavy atom. The number of para-hydroxylation sites is 1. The minimum Gasteiger partial charge on any atom is -0.458 e. The molecule has 8 aromatic carbocycles. The molecule has 0 saturated carbocycles. The van der Waals surface area contributed by atoms with Crippen LogP contribution >= 0.6 is 0 Å². The predicted molar refractivity (Wildman–Crippen MR) is 203 cm³/mol. The molecule has 3 heteroatoms. The summed E-state index contributed by atoms with van der Waals surface area (Å²) in [5.74, 6) is 3.54. The number of hydrogen-bond acceptors (Lipinski definition) is 2. The van der Waals surface area contributed by atoms with Gasteiger partial charge >= 0.3 is 0 Å². The van der Waals surface area contributed by atoms with Crippen LogP contribution in [0.15, 0.2) is 164 Å². The summed E-state index contributed by atoms with van der Waals surface area (Å²) >= 11 is 0. The third kappa shape index (κ3) is 3.25. The normalized spacial score (nSPS) is 14.4. The van der Waals surface area contributed by atoms with Crippen molar-refractivity contribution in [1.29, 1.82) is 0 Å². The van der Waals surface area contributed by atoms with Crippen LogP contribution in [-0.4, -0.2) is 6.71 Å². The third-order valence-electron chi connectivity index (χ3n) is 11.6. The maximum absolute atomic E-state index is 6.64.